The first-order valence-electron chi connectivity index (χ1n) is 8.72. The van der Waals surface area contributed by atoms with Crippen molar-refractivity contribution >= 4 is 0 Å². The molecule has 3 aliphatic carbocycles. The molecule has 0 radical (unpaired) electrons. The maximum atomic E-state index is 5.81. The molecule has 0 aromatic heterocycles. The molecule has 7 unspecified atom stereocenters. The molecule has 2 heteroatoms. The first-order valence-corrected chi connectivity index (χ1v) is 8.72. The standard InChI is InChI=1S/C17H29NO/c1-2-13-10-12(6-7-19-13)18-17-9-11-8-16(17)15-5-3-4-14(11)15/h11-18H,2-10H2,1H3. The van der Waals surface area contributed by atoms with Crippen LogP contribution in [0.4, 0.5) is 0 Å². The highest BCUT2D eigenvalue weighted by Gasteiger charge is 2.53. The summed E-state index contributed by atoms with van der Waals surface area (Å²) >= 11 is 0. The highest BCUT2D eigenvalue weighted by molar-refractivity contribution is 5.06. The highest BCUT2D eigenvalue weighted by atomic mass is 16.5. The summed E-state index contributed by atoms with van der Waals surface area (Å²) in [6, 6.07) is 1.59. The van der Waals surface area contributed by atoms with Crippen LogP contribution in [0.25, 0.3) is 0 Å². The number of ether oxygens (including phenoxy) is 1. The van der Waals surface area contributed by atoms with Gasteiger partial charge in [-0.1, -0.05) is 13.3 Å². The lowest BCUT2D eigenvalue weighted by atomic mass is 9.78. The lowest BCUT2D eigenvalue weighted by Gasteiger charge is -2.37. The van der Waals surface area contributed by atoms with E-state index in [1.165, 1.54) is 38.5 Å². The minimum absolute atomic E-state index is 0.518. The molecular formula is C17H29NO. The summed E-state index contributed by atoms with van der Waals surface area (Å²) < 4.78 is 5.81. The molecule has 108 valence electrons. The average Bonchev–Trinajstić information content (AvgIpc) is 3.10. The number of hydrogen-bond acceptors (Lipinski definition) is 2. The second-order valence-corrected chi connectivity index (χ2v) is 7.55. The number of nitrogens with one attached hydrogen (secondary N) is 1. The summed E-state index contributed by atoms with van der Waals surface area (Å²) in [7, 11) is 0. The molecule has 0 spiro atoms. The first kappa shape index (κ1) is 12.6. The molecule has 7 atom stereocenters. The molecule has 1 aliphatic heterocycles. The number of rotatable bonds is 3. The van der Waals surface area contributed by atoms with Gasteiger partial charge in [0.2, 0.25) is 0 Å². The molecule has 1 heterocycles. The third kappa shape index (κ3) is 2.15. The van der Waals surface area contributed by atoms with Gasteiger partial charge in [-0.25, -0.2) is 0 Å². The molecule has 2 bridgehead atoms. The van der Waals surface area contributed by atoms with E-state index in [0.29, 0.717) is 6.10 Å². The van der Waals surface area contributed by atoms with Crippen molar-refractivity contribution in [2.45, 2.75) is 76.5 Å². The fourth-order valence-electron chi connectivity index (χ4n) is 5.88. The van der Waals surface area contributed by atoms with Gasteiger partial charge in [0.15, 0.2) is 0 Å². The number of hydrogen-bond donors (Lipinski definition) is 1. The Balaban J connectivity index is 1.37. The smallest absolute Gasteiger partial charge is 0.0587 e. The van der Waals surface area contributed by atoms with Gasteiger partial charge in [-0.15, -0.1) is 0 Å². The van der Waals surface area contributed by atoms with E-state index in [4.69, 9.17) is 4.74 Å². The molecule has 4 rings (SSSR count). The Kier molecular flexibility index (Phi) is 3.35. The van der Waals surface area contributed by atoms with Crippen LogP contribution in [0, 0.1) is 23.7 Å². The monoisotopic (exact) mass is 263 g/mol. The topological polar surface area (TPSA) is 21.3 Å². The molecule has 4 fully saturated rings. The molecule has 19 heavy (non-hydrogen) atoms. The Hall–Kier alpha value is -0.0800. The Morgan fingerprint density at radius 1 is 1.00 bits per heavy atom. The van der Waals surface area contributed by atoms with Crippen LogP contribution in [0.5, 0.6) is 0 Å². The van der Waals surface area contributed by atoms with Gasteiger partial charge in [-0.2, -0.15) is 0 Å². The Morgan fingerprint density at radius 2 is 1.89 bits per heavy atom. The fraction of sp³-hybridized carbons (Fsp3) is 1.00. The zero-order valence-corrected chi connectivity index (χ0v) is 12.3. The fourth-order valence-corrected chi connectivity index (χ4v) is 5.88. The highest BCUT2D eigenvalue weighted by Crippen LogP contribution is 2.58. The lowest BCUT2D eigenvalue weighted by Crippen LogP contribution is -2.48. The lowest BCUT2D eigenvalue weighted by molar-refractivity contribution is -0.00437. The summed E-state index contributed by atoms with van der Waals surface area (Å²) in [5.41, 5.74) is 0. The summed E-state index contributed by atoms with van der Waals surface area (Å²) in [6.07, 6.45) is 11.8. The second kappa shape index (κ2) is 5.04. The van der Waals surface area contributed by atoms with E-state index in [0.717, 1.165) is 42.4 Å². The van der Waals surface area contributed by atoms with Gasteiger partial charge in [0.25, 0.3) is 0 Å². The van der Waals surface area contributed by atoms with Crippen molar-refractivity contribution in [3.8, 4) is 0 Å². The maximum absolute atomic E-state index is 5.81. The zero-order chi connectivity index (χ0) is 12.8. The normalized spacial score (nSPS) is 52.6. The van der Waals surface area contributed by atoms with Gasteiger partial charge in [0, 0.05) is 18.7 Å². The third-order valence-corrected chi connectivity index (χ3v) is 6.70. The molecule has 2 nitrogen and oxygen atoms in total. The number of fused-ring (bicyclic) bond motifs is 5. The van der Waals surface area contributed by atoms with E-state index in [1.807, 2.05) is 0 Å². The van der Waals surface area contributed by atoms with Crippen molar-refractivity contribution < 1.29 is 4.74 Å². The van der Waals surface area contributed by atoms with E-state index < -0.39 is 0 Å². The minimum Gasteiger partial charge on any atom is -0.378 e. The van der Waals surface area contributed by atoms with Crippen LogP contribution in [0.2, 0.25) is 0 Å². The van der Waals surface area contributed by atoms with Crippen LogP contribution in [0.1, 0.15) is 58.3 Å². The van der Waals surface area contributed by atoms with Crippen LogP contribution in [0.15, 0.2) is 0 Å². The molecule has 0 amide bonds. The summed E-state index contributed by atoms with van der Waals surface area (Å²) in [6.45, 7) is 3.23. The van der Waals surface area contributed by atoms with Crippen LogP contribution in [-0.2, 0) is 4.74 Å². The molecular weight excluding hydrogens is 234 g/mol. The quantitative estimate of drug-likeness (QED) is 0.843. The first-order chi connectivity index (χ1) is 9.35. The average molecular weight is 263 g/mol. The zero-order valence-electron chi connectivity index (χ0n) is 12.3. The van der Waals surface area contributed by atoms with E-state index in [2.05, 4.69) is 12.2 Å². The summed E-state index contributed by atoms with van der Waals surface area (Å²) in [4.78, 5) is 0. The molecule has 1 saturated heterocycles. The van der Waals surface area contributed by atoms with Crippen molar-refractivity contribution in [2.24, 2.45) is 23.7 Å². The Bertz CT molecular complexity index is 331. The van der Waals surface area contributed by atoms with Crippen LogP contribution >= 0.6 is 0 Å². The third-order valence-electron chi connectivity index (χ3n) is 6.70. The largest absolute Gasteiger partial charge is 0.378 e. The van der Waals surface area contributed by atoms with Gasteiger partial charge >= 0.3 is 0 Å². The van der Waals surface area contributed by atoms with Crippen molar-refractivity contribution in [2.75, 3.05) is 6.61 Å². The van der Waals surface area contributed by atoms with Crippen LogP contribution in [0.3, 0.4) is 0 Å². The Labute approximate surface area is 117 Å². The maximum Gasteiger partial charge on any atom is 0.0587 e. The van der Waals surface area contributed by atoms with Gasteiger partial charge in [0.1, 0.15) is 0 Å². The van der Waals surface area contributed by atoms with E-state index in [1.54, 1.807) is 12.8 Å². The SMILES string of the molecule is CCC1CC(NC2CC3CC2C2CCCC32)CCO1. The molecule has 4 aliphatic rings. The molecule has 1 N–H and O–H groups in total. The summed E-state index contributed by atoms with van der Waals surface area (Å²) in [5, 5.41) is 4.05. The van der Waals surface area contributed by atoms with Crippen LogP contribution < -0.4 is 5.32 Å². The van der Waals surface area contributed by atoms with Gasteiger partial charge in [-0.05, 0) is 68.6 Å². The van der Waals surface area contributed by atoms with E-state index >= 15 is 0 Å². The van der Waals surface area contributed by atoms with Gasteiger partial charge in [-0.3, -0.25) is 0 Å². The van der Waals surface area contributed by atoms with E-state index in [9.17, 15) is 0 Å². The van der Waals surface area contributed by atoms with Gasteiger partial charge < -0.3 is 10.1 Å². The Morgan fingerprint density at radius 3 is 2.79 bits per heavy atom. The van der Waals surface area contributed by atoms with Gasteiger partial charge in [0.05, 0.1) is 6.10 Å². The van der Waals surface area contributed by atoms with Crippen molar-refractivity contribution in [3.63, 3.8) is 0 Å². The predicted molar refractivity (Wildman–Crippen MR) is 77.0 cm³/mol. The molecule has 0 aromatic rings. The minimum atomic E-state index is 0.518. The van der Waals surface area contributed by atoms with Crippen molar-refractivity contribution in [3.05, 3.63) is 0 Å². The molecule has 0 aromatic carbocycles. The van der Waals surface area contributed by atoms with Crippen LogP contribution in [-0.4, -0.2) is 24.8 Å². The second-order valence-electron chi connectivity index (χ2n) is 7.55. The van der Waals surface area contributed by atoms with E-state index in [-0.39, 0.29) is 0 Å². The van der Waals surface area contributed by atoms with Crippen molar-refractivity contribution in [1.82, 2.24) is 5.32 Å². The summed E-state index contributed by atoms with van der Waals surface area (Å²) in [5.74, 6) is 4.33. The molecule has 3 saturated carbocycles. The van der Waals surface area contributed by atoms with Crippen molar-refractivity contribution in [1.29, 1.82) is 0 Å². The predicted octanol–water partition coefficient (Wildman–Crippen LogP) is 3.36.